The van der Waals surface area contributed by atoms with Gasteiger partial charge in [-0.25, -0.2) is 9.59 Å². The molecule has 11 nitrogen and oxygen atoms in total. The molecule has 59 heavy (non-hydrogen) atoms. The Kier molecular flexibility index (Phi) is 9.17. The van der Waals surface area contributed by atoms with Gasteiger partial charge in [-0.05, 0) is 86.3 Å². The second kappa shape index (κ2) is 14.2. The minimum atomic E-state index is -0.478. The van der Waals surface area contributed by atoms with E-state index >= 15 is 0 Å². The second-order valence-electron chi connectivity index (χ2n) is 17.3. The van der Waals surface area contributed by atoms with E-state index in [9.17, 15) is 20.0 Å². The summed E-state index contributed by atoms with van der Waals surface area (Å²) in [5.41, 5.74) is 7.86. The summed E-state index contributed by atoms with van der Waals surface area (Å²) in [7, 11) is 2.89. The van der Waals surface area contributed by atoms with Gasteiger partial charge in [0.05, 0.1) is 47.8 Å². The molecule has 0 saturated carbocycles. The van der Waals surface area contributed by atoms with Crippen LogP contribution in [0, 0.1) is 10.8 Å². The molecule has 2 saturated heterocycles. The van der Waals surface area contributed by atoms with E-state index in [1.807, 2.05) is 18.2 Å². The lowest BCUT2D eigenvalue weighted by Crippen LogP contribution is -2.49. The van der Waals surface area contributed by atoms with E-state index in [1.165, 1.54) is 29.9 Å². The average Bonchev–Trinajstić information content (AvgIpc) is 3.78. The van der Waals surface area contributed by atoms with Crippen LogP contribution in [0.15, 0.2) is 84.9 Å². The molecule has 0 spiro atoms. The highest BCUT2D eigenvalue weighted by atomic mass is 16.5. The molecule has 5 aliphatic heterocycles. The van der Waals surface area contributed by atoms with Crippen molar-refractivity contribution in [3.63, 3.8) is 0 Å². The molecule has 0 bridgehead atoms. The molecule has 2 aromatic heterocycles. The van der Waals surface area contributed by atoms with Crippen molar-refractivity contribution in [2.75, 3.05) is 32.6 Å². The van der Waals surface area contributed by atoms with Gasteiger partial charge in [0.15, 0.2) is 0 Å². The molecule has 0 amide bonds. The Labute approximate surface area is 344 Å². The summed E-state index contributed by atoms with van der Waals surface area (Å²) < 4.78 is 15.6. The molecule has 11 heteroatoms. The number of hydroxylamine groups is 4. The van der Waals surface area contributed by atoms with E-state index in [0.717, 1.165) is 88.5 Å². The van der Waals surface area contributed by atoms with Gasteiger partial charge in [-0.1, -0.05) is 80.6 Å². The number of anilines is 1. The van der Waals surface area contributed by atoms with E-state index in [-0.39, 0.29) is 12.0 Å². The average molecular weight is 796 g/mol. The number of para-hydroxylation sites is 3. The summed E-state index contributed by atoms with van der Waals surface area (Å²) in [5.74, 6) is -0.944. The highest BCUT2D eigenvalue weighted by Crippen LogP contribution is 2.57. The van der Waals surface area contributed by atoms with Crippen LogP contribution in [0.4, 0.5) is 5.69 Å². The van der Waals surface area contributed by atoms with Crippen LogP contribution in [-0.4, -0.2) is 75.0 Å². The maximum Gasteiger partial charge on any atom is 0.339 e. The Balaban J connectivity index is 1.23. The van der Waals surface area contributed by atoms with Crippen molar-refractivity contribution < 1.29 is 29.5 Å². The van der Waals surface area contributed by atoms with Crippen molar-refractivity contribution in [3.8, 4) is 0 Å². The molecule has 6 atom stereocenters. The van der Waals surface area contributed by atoms with Crippen molar-refractivity contribution in [2.45, 2.75) is 89.5 Å². The van der Waals surface area contributed by atoms with Crippen LogP contribution in [0.3, 0.4) is 0 Å². The lowest BCUT2D eigenvalue weighted by molar-refractivity contribution is -0.203. The minimum absolute atomic E-state index is 0.161. The molecular formula is C48H53N5O6. The highest BCUT2D eigenvalue weighted by Gasteiger charge is 2.52. The number of hydrogen-bond acceptors (Lipinski definition) is 9. The Morgan fingerprint density at radius 1 is 0.729 bits per heavy atom. The Morgan fingerprint density at radius 3 is 1.86 bits per heavy atom. The van der Waals surface area contributed by atoms with Gasteiger partial charge in [0, 0.05) is 52.3 Å². The predicted octanol–water partition coefficient (Wildman–Crippen LogP) is 8.86. The van der Waals surface area contributed by atoms with E-state index in [0.29, 0.717) is 37.1 Å². The van der Waals surface area contributed by atoms with E-state index in [1.54, 1.807) is 0 Å². The molecule has 0 aliphatic carbocycles. The third kappa shape index (κ3) is 5.47. The number of esters is 2. The number of nitrogens with zero attached hydrogens (tertiary/aromatic N) is 4. The third-order valence-corrected chi connectivity index (χ3v) is 14.7. The molecule has 3 N–H and O–H groups in total. The largest absolute Gasteiger partial charge is 0.465 e. The number of nitrogens with one attached hydrogen (secondary N) is 1. The first kappa shape index (κ1) is 38.0. The lowest BCUT2D eigenvalue weighted by atomic mass is 9.70. The Morgan fingerprint density at radius 2 is 1.25 bits per heavy atom. The van der Waals surface area contributed by atoms with Crippen molar-refractivity contribution in [1.82, 2.24) is 19.3 Å². The molecular weight excluding hydrogens is 743 g/mol. The van der Waals surface area contributed by atoms with Crippen molar-refractivity contribution in [1.29, 1.82) is 0 Å². The molecule has 7 heterocycles. The Hall–Kier alpha value is -5.20. The van der Waals surface area contributed by atoms with Gasteiger partial charge >= 0.3 is 11.9 Å². The van der Waals surface area contributed by atoms with Crippen molar-refractivity contribution in [3.05, 3.63) is 113 Å². The van der Waals surface area contributed by atoms with Crippen LogP contribution in [0.1, 0.15) is 98.7 Å². The summed E-state index contributed by atoms with van der Waals surface area (Å²) in [6.07, 6.45) is 9.40. The van der Waals surface area contributed by atoms with E-state index < -0.39 is 35.1 Å². The standard InChI is InChI=1S/C48H53N5O6/c1-5-47-21-13-23-50(56)45(47)52-38-19-11-8-16-30(38)32(41(52)34(27-47)43(54)58-3)26-37-33(25-29-15-7-10-18-36(29)49-37)40-31-17-9-12-20-39(31)53-42(40)35(44(55)59-4)28-48(6-2)22-14-24-51(57)46(48)53/h7-12,15-20,27-28,33,37,45-46,49,56-57H,5-6,13-14,21-26H2,1-4H3/t33-,37+,45-,46+,47+,48-/m0/s1. The zero-order valence-electron chi connectivity index (χ0n) is 34.3. The van der Waals surface area contributed by atoms with Crippen LogP contribution in [0.2, 0.25) is 0 Å². The minimum Gasteiger partial charge on any atom is -0.465 e. The maximum atomic E-state index is 14.1. The topological polar surface area (TPSA) is 121 Å². The smallest absolute Gasteiger partial charge is 0.339 e. The molecule has 5 aromatic rings. The number of hydrogen-bond donors (Lipinski definition) is 3. The summed E-state index contributed by atoms with van der Waals surface area (Å²) in [6.45, 7) is 5.34. The second-order valence-corrected chi connectivity index (χ2v) is 17.3. The third-order valence-electron chi connectivity index (χ3n) is 14.7. The molecule has 0 unspecified atom stereocenters. The zero-order chi connectivity index (χ0) is 40.8. The normalized spacial score (nSPS) is 27.7. The number of carbonyl (C=O) groups is 2. The molecule has 0 radical (unpaired) electrons. The van der Waals surface area contributed by atoms with Crippen LogP contribution in [0.5, 0.6) is 0 Å². The predicted molar refractivity (Wildman–Crippen MR) is 227 cm³/mol. The van der Waals surface area contributed by atoms with Crippen LogP contribution in [-0.2, 0) is 31.9 Å². The highest BCUT2D eigenvalue weighted by molar-refractivity contribution is 6.19. The van der Waals surface area contributed by atoms with Gasteiger partial charge in [-0.3, -0.25) is 0 Å². The molecule has 10 rings (SSSR count). The molecule has 2 fully saturated rings. The molecule has 3 aromatic carbocycles. The van der Waals surface area contributed by atoms with Gasteiger partial charge in [0.2, 0.25) is 0 Å². The summed E-state index contributed by atoms with van der Waals surface area (Å²) in [5, 5.41) is 32.5. The van der Waals surface area contributed by atoms with E-state index in [2.05, 4.69) is 95.0 Å². The molecule has 5 aliphatic rings. The number of fused-ring (bicyclic) bond motifs is 11. The van der Waals surface area contributed by atoms with Gasteiger partial charge < -0.3 is 34.3 Å². The van der Waals surface area contributed by atoms with Gasteiger partial charge in [0.25, 0.3) is 0 Å². The number of carbonyl (C=O) groups excluding carboxylic acids is 2. The monoisotopic (exact) mass is 795 g/mol. The number of ether oxygens (including phenoxy) is 2. The van der Waals surface area contributed by atoms with Gasteiger partial charge in [-0.15, -0.1) is 0 Å². The fourth-order valence-corrected chi connectivity index (χ4v) is 12.0. The zero-order valence-corrected chi connectivity index (χ0v) is 34.3. The summed E-state index contributed by atoms with van der Waals surface area (Å²) in [6, 6.07) is 24.9. The van der Waals surface area contributed by atoms with Crippen LogP contribution in [0.25, 0.3) is 33.0 Å². The van der Waals surface area contributed by atoms with Crippen LogP contribution >= 0.6 is 0 Å². The Bertz CT molecular complexity index is 2590. The number of aromatic nitrogens is 2. The number of benzene rings is 3. The SMILES string of the molecule is CC[C@]12C=C(C(=O)OC)c3c([C@H]4Cc5ccccc5N[C@@H]4Cc4c5n(c6ccccc46)[C@@H]4N(O)CCC[C@]4(CC)C=C5C(=O)OC)c4ccccc4n3[C@H]1N(O)CCC2. The summed E-state index contributed by atoms with van der Waals surface area (Å²) >= 11 is 0. The van der Waals surface area contributed by atoms with E-state index in [4.69, 9.17) is 9.47 Å². The number of rotatable bonds is 7. The number of piperidine rings is 2. The number of methoxy groups -OCH3 is 2. The van der Waals surface area contributed by atoms with Gasteiger partial charge in [0.1, 0.15) is 12.3 Å². The molecule has 306 valence electrons. The lowest BCUT2D eigenvalue weighted by Gasteiger charge is -2.50. The first-order chi connectivity index (χ1) is 28.7. The maximum absolute atomic E-state index is 14.1. The fraction of sp³-hybridized carbons (Fsp3) is 0.417. The summed E-state index contributed by atoms with van der Waals surface area (Å²) in [4.78, 5) is 28.2. The quantitative estimate of drug-likeness (QED) is 0.139. The first-order valence-corrected chi connectivity index (χ1v) is 21.3. The van der Waals surface area contributed by atoms with Crippen LogP contribution < -0.4 is 5.32 Å². The van der Waals surface area contributed by atoms with Crippen molar-refractivity contribution >= 4 is 50.6 Å². The first-order valence-electron chi connectivity index (χ1n) is 21.3. The van der Waals surface area contributed by atoms with Gasteiger partial charge in [-0.2, -0.15) is 10.1 Å². The fourth-order valence-electron chi connectivity index (χ4n) is 12.0. The van der Waals surface area contributed by atoms with Crippen molar-refractivity contribution in [2.24, 2.45) is 10.8 Å².